The van der Waals surface area contributed by atoms with Gasteiger partial charge in [-0.05, 0) is 59.2 Å². The molecule has 5 heteroatoms. The predicted octanol–water partition coefficient (Wildman–Crippen LogP) is 6.03. The number of hydrogen-bond acceptors (Lipinski definition) is 4. The molecule has 0 unspecified atom stereocenters. The van der Waals surface area contributed by atoms with Crippen molar-refractivity contribution in [2.75, 3.05) is 14.2 Å². The van der Waals surface area contributed by atoms with Gasteiger partial charge in [0.1, 0.15) is 18.2 Å². The second-order valence-electron chi connectivity index (χ2n) is 7.91. The topological polar surface area (TPSA) is 45.5 Å². The number of imidazole rings is 1. The quantitative estimate of drug-likeness (QED) is 0.297. The molecule has 0 spiro atoms. The molecular weight excluding hydrogens is 412 g/mol. The maximum absolute atomic E-state index is 6.17. The summed E-state index contributed by atoms with van der Waals surface area (Å²) in [5.74, 6) is 3.22. The van der Waals surface area contributed by atoms with Gasteiger partial charge in [-0.1, -0.05) is 48.5 Å². The lowest BCUT2D eigenvalue weighted by Gasteiger charge is -2.13. The lowest BCUT2D eigenvalue weighted by molar-refractivity contribution is 0.290. The first-order valence-electron chi connectivity index (χ1n) is 11.0. The second-order valence-corrected chi connectivity index (χ2v) is 7.91. The molecule has 0 aliphatic carbocycles. The van der Waals surface area contributed by atoms with Crippen LogP contribution in [0.2, 0.25) is 0 Å². The van der Waals surface area contributed by atoms with Crippen LogP contribution in [0.4, 0.5) is 0 Å². The number of benzene rings is 4. The van der Waals surface area contributed by atoms with Gasteiger partial charge in [0.05, 0.1) is 25.3 Å². The fourth-order valence-electron chi connectivity index (χ4n) is 4.17. The minimum absolute atomic E-state index is 0.402. The normalized spacial score (nSPS) is 11.1. The van der Waals surface area contributed by atoms with Crippen LogP contribution in [0.3, 0.4) is 0 Å². The molecule has 5 nitrogen and oxygen atoms in total. The highest BCUT2D eigenvalue weighted by Gasteiger charge is 2.12. The van der Waals surface area contributed by atoms with Crippen LogP contribution in [0.5, 0.6) is 17.2 Å². The molecule has 0 bridgehead atoms. The van der Waals surface area contributed by atoms with Crippen LogP contribution in [-0.4, -0.2) is 23.8 Å². The van der Waals surface area contributed by atoms with Gasteiger partial charge in [-0.25, -0.2) is 4.98 Å². The van der Waals surface area contributed by atoms with Gasteiger partial charge < -0.3 is 18.8 Å². The Morgan fingerprint density at radius 2 is 1.55 bits per heavy atom. The van der Waals surface area contributed by atoms with Gasteiger partial charge in [0.15, 0.2) is 11.5 Å². The Hall–Kier alpha value is -3.99. The highest BCUT2D eigenvalue weighted by molar-refractivity contribution is 5.83. The first kappa shape index (κ1) is 20.9. The van der Waals surface area contributed by atoms with Gasteiger partial charge in [0, 0.05) is 6.54 Å². The minimum atomic E-state index is 0.402. The Bertz CT molecular complexity index is 1410. The molecule has 0 N–H and O–H groups in total. The molecule has 0 radical (unpaired) electrons. The van der Waals surface area contributed by atoms with Crippen LogP contribution in [0.25, 0.3) is 21.8 Å². The van der Waals surface area contributed by atoms with Crippen LogP contribution in [-0.2, 0) is 19.6 Å². The average molecular weight is 439 g/mol. The van der Waals surface area contributed by atoms with E-state index in [2.05, 4.69) is 41.0 Å². The highest BCUT2D eigenvalue weighted by atomic mass is 16.5. The molecule has 5 aromatic rings. The van der Waals surface area contributed by atoms with Crippen molar-refractivity contribution in [1.29, 1.82) is 0 Å². The minimum Gasteiger partial charge on any atom is -0.493 e. The van der Waals surface area contributed by atoms with Crippen molar-refractivity contribution >= 4 is 21.8 Å². The lowest BCUT2D eigenvalue weighted by Crippen LogP contribution is -2.09. The van der Waals surface area contributed by atoms with E-state index in [0.717, 1.165) is 52.5 Å². The first-order valence-corrected chi connectivity index (χ1v) is 11.0. The molecule has 0 saturated carbocycles. The zero-order chi connectivity index (χ0) is 22.6. The Kier molecular flexibility index (Phi) is 5.85. The third-order valence-electron chi connectivity index (χ3n) is 5.89. The first-order chi connectivity index (χ1) is 16.2. The molecule has 0 atom stereocenters. The Morgan fingerprint density at radius 1 is 0.758 bits per heavy atom. The number of hydrogen-bond donors (Lipinski definition) is 0. The van der Waals surface area contributed by atoms with Gasteiger partial charge >= 0.3 is 0 Å². The Balaban J connectivity index is 1.39. The average Bonchev–Trinajstić information content (AvgIpc) is 3.23. The second kappa shape index (κ2) is 9.25. The Labute approximate surface area is 193 Å². The predicted molar refractivity (Wildman–Crippen MR) is 131 cm³/mol. The van der Waals surface area contributed by atoms with E-state index in [4.69, 9.17) is 19.2 Å². The zero-order valence-corrected chi connectivity index (χ0v) is 18.8. The number of nitrogens with zero attached hydrogens (tertiary/aromatic N) is 2. The van der Waals surface area contributed by atoms with Crippen molar-refractivity contribution < 1.29 is 14.2 Å². The van der Waals surface area contributed by atoms with E-state index in [9.17, 15) is 0 Å². The standard InChI is InChI=1S/C28H26N2O3/c1-31-26-14-11-20(17-27(26)32-2)15-16-30-25-10-6-5-9-24(25)29-28(30)19-33-23-13-12-21-7-3-4-8-22(21)18-23/h3-14,17-18H,15-16,19H2,1-2H3. The highest BCUT2D eigenvalue weighted by Crippen LogP contribution is 2.28. The molecule has 1 heterocycles. The largest absolute Gasteiger partial charge is 0.493 e. The van der Waals surface area contributed by atoms with E-state index < -0.39 is 0 Å². The van der Waals surface area contributed by atoms with Crippen LogP contribution in [0, 0.1) is 0 Å². The molecule has 0 saturated heterocycles. The fraction of sp³-hybridized carbons (Fsp3) is 0.179. The summed E-state index contributed by atoms with van der Waals surface area (Å²) in [5, 5.41) is 2.36. The number of methoxy groups -OCH3 is 2. The number of fused-ring (bicyclic) bond motifs is 2. The smallest absolute Gasteiger partial charge is 0.160 e. The summed E-state index contributed by atoms with van der Waals surface area (Å²) in [4.78, 5) is 4.86. The summed E-state index contributed by atoms with van der Waals surface area (Å²) >= 11 is 0. The van der Waals surface area contributed by atoms with Crippen molar-refractivity contribution in [2.24, 2.45) is 0 Å². The number of aryl methyl sites for hydroxylation is 2. The molecule has 5 rings (SSSR count). The third kappa shape index (κ3) is 4.35. The van der Waals surface area contributed by atoms with E-state index in [-0.39, 0.29) is 0 Å². The van der Waals surface area contributed by atoms with Crippen LogP contribution < -0.4 is 14.2 Å². The van der Waals surface area contributed by atoms with E-state index in [1.165, 1.54) is 10.9 Å². The number of para-hydroxylation sites is 2. The van der Waals surface area contributed by atoms with Crippen molar-refractivity contribution in [3.63, 3.8) is 0 Å². The summed E-state index contributed by atoms with van der Waals surface area (Å²) in [6, 6.07) is 28.7. The summed E-state index contributed by atoms with van der Waals surface area (Å²) in [6.45, 7) is 1.19. The molecule has 0 fully saturated rings. The van der Waals surface area contributed by atoms with Gasteiger partial charge in [-0.15, -0.1) is 0 Å². The molecule has 1 aromatic heterocycles. The summed E-state index contributed by atoms with van der Waals surface area (Å²) in [5.41, 5.74) is 3.25. The van der Waals surface area contributed by atoms with Crippen molar-refractivity contribution in [2.45, 2.75) is 19.6 Å². The molecule has 0 aliphatic rings. The Morgan fingerprint density at radius 3 is 2.39 bits per heavy atom. The SMILES string of the molecule is COc1ccc(CCn2c(COc3ccc4ccccc4c3)nc3ccccc32)cc1OC. The molecule has 4 aromatic carbocycles. The summed E-state index contributed by atoms with van der Waals surface area (Å²) in [7, 11) is 3.31. The summed E-state index contributed by atoms with van der Waals surface area (Å²) < 4.78 is 19.2. The monoisotopic (exact) mass is 438 g/mol. The number of aromatic nitrogens is 2. The van der Waals surface area contributed by atoms with Crippen molar-refractivity contribution in [3.05, 3.63) is 96.3 Å². The van der Waals surface area contributed by atoms with Gasteiger partial charge in [-0.2, -0.15) is 0 Å². The van der Waals surface area contributed by atoms with E-state index in [1.807, 2.05) is 48.5 Å². The van der Waals surface area contributed by atoms with Crippen molar-refractivity contribution in [1.82, 2.24) is 9.55 Å². The number of ether oxygens (including phenoxy) is 3. The van der Waals surface area contributed by atoms with Crippen LogP contribution in [0.15, 0.2) is 84.9 Å². The van der Waals surface area contributed by atoms with E-state index >= 15 is 0 Å². The van der Waals surface area contributed by atoms with E-state index in [1.54, 1.807) is 14.2 Å². The van der Waals surface area contributed by atoms with Gasteiger partial charge in [-0.3, -0.25) is 0 Å². The van der Waals surface area contributed by atoms with E-state index in [0.29, 0.717) is 6.61 Å². The van der Waals surface area contributed by atoms with Crippen molar-refractivity contribution in [3.8, 4) is 17.2 Å². The lowest BCUT2D eigenvalue weighted by atomic mass is 10.1. The fourth-order valence-corrected chi connectivity index (χ4v) is 4.17. The maximum atomic E-state index is 6.17. The molecule has 0 amide bonds. The molecular formula is C28H26N2O3. The summed E-state index contributed by atoms with van der Waals surface area (Å²) in [6.07, 6.45) is 0.837. The maximum Gasteiger partial charge on any atom is 0.160 e. The third-order valence-corrected chi connectivity index (χ3v) is 5.89. The molecule has 166 valence electrons. The van der Waals surface area contributed by atoms with Gasteiger partial charge in [0.2, 0.25) is 0 Å². The van der Waals surface area contributed by atoms with Gasteiger partial charge in [0.25, 0.3) is 0 Å². The van der Waals surface area contributed by atoms with Crippen LogP contribution >= 0.6 is 0 Å². The molecule has 33 heavy (non-hydrogen) atoms. The number of rotatable bonds is 8. The van der Waals surface area contributed by atoms with Crippen LogP contribution in [0.1, 0.15) is 11.4 Å². The molecule has 0 aliphatic heterocycles. The zero-order valence-electron chi connectivity index (χ0n) is 18.8.